The van der Waals surface area contributed by atoms with Crippen LogP contribution in [0.3, 0.4) is 0 Å². The van der Waals surface area contributed by atoms with Crippen molar-refractivity contribution >= 4 is 11.9 Å². The molecule has 0 radical (unpaired) electrons. The van der Waals surface area contributed by atoms with E-state index in [1.165, 1.54) is 19.3 Å². The summed E-state index contributed by atoms with van der Waals surface area (Å²) in [6.07, 6.45) is 5.97. The van der Waals surface area contributed by atoms with E-state index in [0.29, 0.717) is 25.7 Å². The van der Waals surface area contributed by atoms with Crippen LogP contribution in [-0.2, 0) is 9.59 Å². The Hall–Kier alpha value is -1.10. The summed E-state index contributed by atoms with van der Waals surface area (Å²) in [5.74, 6) is -0.862. The van der Waals surface area contributed by atoms with E-state index in [0.717, 1.165) is 19.4 Å². The van der Waals surface area contributed by atoms with Crippen LogP contribution in [0.2, 0.25) is 0 Å². The number of likely N-dealkylation sites (N-methyl/N-ethyl adjacent to an activating group) is 1. The molecule has 2 fully saturated rings. The van der Waals surface area contributed by atoms with Crippen LogP contribution in [0, 0.1) is 5.92 Å². The molecule has 5 nitrogen and oxygen atoms in total. The van der Waals surface area contributed by atoms with Gasteiger partial charge in [-0.15, -0.1) is 0 Å². The molecule has 0 unspecified atom stereocenters. The number of nitrogens with zero attached hydrogens (tertiary/aromatic N) is 2. The van der Waals surface area contributed by atoms with E-state index in [-0.39, 0.29) is 11.8 Å². The molecular weight excluding hydrogens is 244 g/mol. The molecule has 1 saturated carbocycles. The Morgan fingerprint density at radius 2 is 1.84 bits per heavy atom. The molecule has 1 amide bonds. The van der Waals surface area contributed by atoms with Gasteiger partial charge in [-0.25, -0.2) is 0 Å². The zero-order chi connectivity index (χ0) is 13.8. The van der Waals surface area contributed by atoms with Crippen molar-refractivity contribution in [2.45, 2.75) is 45.1 Å². The summed E-state index contributed by atoms with van der Waals surface area (Å²) in [5, 5.41) is 8.82. The van der Waals surface area contributed by atoms with E-state index in [1.54, 1.807) is 0 Å². The topological polar surface area (TPSA) is 60.9 Å². The van der Waals surface area contributed by atoms with Crippen LogP contribution in [0.15, 0.2) is 0 Å². The first kappa shape index (κ1) is 14.3. The Morgan fingerprint density at radius 3 is 2.37 bits per heavy atom. The fourth-order valence-corrected chi connectivity index (χ4v) is 3.17. The maximum atomic E-state index is 12.3. The van der Waals surface area contributed by atoms with Gasteiger partial charge in [0.05, 0.1) is 12.5 Å². The molecule has 2 aliphatic rings. The lowest BCUT2D eigenvalue weighted by atomic mass is 9.94. The van der Waals surface area contributed by atoms with E-state index < -0.39 is 5.97 Å². The highest BCUT2D eigenvalue weighted by Crippen LogP contribution is 2.23. The summed E-state index contributed by atoms with van der Waals surface area (Å²) in [5.41, 5.74) is 0. The number of likely N-dealkylation sites (tertiary alicyclic amines) is 1. The van der Waals surface area contributed by atoms with Crippen LogP contribution >= 0.6 is 0 Å². The Kier molecular flexibility index (Phi) is 4.80. The Balaban J connectivity index is 1.79. The molecule has 0 atom stereocenters. The SMILES string of the molecule is CCN(C(=O)CN1CC(C(=O)O)C1)C1CCCCC1. The lowest BCUT2D eigenvalue weighted by Gasteiger charge is -2.39. The summed E-state index contributed by atoms with van der Waals surface area (Å²) in [6, 6.07) is 0.405. The summed E-state index contributed by atoms with van der Waals surface area (Å²) in [4.78, 5) is 26.9. The third-order valence-corrected chi connectivity index (χ3v) is 4.34. The summed E-state index contributed by atoms with van der Waals surface area (Å²) in [6.45, 7) is 4.21. The van der Waals surface area contributed by atoms with Crippen molar-refractivity contribution < 1.29 is 14.7 Å². The molecule has 0 aromatic carbocycles. The van der Waals surface area contributed by atoms with E-state index in [4.69, 9.17) is 5.11 Å². The van der Waals surface area contributed by atoms with Crippen molar-refractivity contribution in [1.82, 2.24) is 9.80 Å². The number of carboxylic acid groups (broad SMARTS) is 1. The number of carbonyl (C=O) groups is 2. The van der Waals surface area contributed by atoms with Gasteiger partial charge in [0, 0.05) is 25.7 Å². The monoisotopic (exact) mass is 268 g/mol. The molecule has 0 bridgehead atoms. The number of hydrogen-bond acceptors (Lipinski definition) is 3. The normalized spacial score (nSPS) is 21.9. The number of aliphatic carboxylic acids is 1. The van der Waals surface area contributed by atoms with Crippen LogP contribution in [-0.4, -0.2) is 59.0 Å². The van der Waals surface area contributed by atoms with Crippen molar-refractivity contribution in [3.8, 4) is 0 Å². The van der Waals surface area contributed by atoms with Gasteiger partial charge in [-0.05, 0) is 19.8 Å². The Bertz CT molecular complexity index is 334. The minimum atomic E-state index is -0.747. The van der Waals surface area contributed by atoms with Crippen molar-refractivity contribution in [2.24, 2.45) is 5.92 Å². The molecule has 5 heteroatoms. The van der Waals surface area contributed by atoms with Crippen LogP contribution in [0.5, 0.6) is 0 Å². The maximum absolute atomic E-state index is 12.3. The minimum absolute atomic E-state index is 0.165. The van der Waals surface area contributed by atoms with Crippen LogP contribution < -0.4 is 0 Å². The molecule has 1 aliphatic heterocycles. The fraction of sp³-hybridized carbons (Fsp3) is 0.857. The Morgan fingerprint density at radius 1 is 1.21 bits per heavy atom. The molecule has 108 valence electrons. The average Bonchev–Trinajstić information content (AvgIpc) is 2.35. The summed E-state index contributed by atoms with van der Waals surface area (Å²) >= 11 is 0. The number of rotatable bonds is 5. The highest BCUT2D eigenvalue weighted by molar-refractivity contribution is 5.79. The highest BCUT2D eigenvalue weighted by Gasteiger charge is 2.35. The molecule has 19 heavy (non-hydrogen) atoms. The van der Waals surface area contributed by atoms with E-state index >= 15 is 0 Å². The van der Waals surface area contributed by atoms with Gasteiger partial charge in [-0.1, -0.05) is 19.3 Å². The summed E-state index contributed by atoms with van der Waals surface area (Å²) in [7, 11) is 0. The van der Waals surface area contributed by atoms with Gasteiger partial charge in [0.1, 0.15) is 0 Å². The number of carbonyl (C=O) groups excluding carboxylic acids is 1. The first-order valence-corrected chi connectivity index (χ1v) is 7.36. The quantitative estimate of drug-likeness (QED) is 0.813. The van der Waals surface area contributed by atoms with Gasteiger partial charge in [0.2, 0.25) is 5.91 Å². The third-order valence-electron chi connectivity index (χ3n) is 4.34. The van der Waals surface area contributed by atoms with Crippen molar-refractivity contribution in [1.29, 1.82) is 0 Å². The molecule has 2 rings (SSSR count). The first-order chi connectivity index (χ1) is 9.11. The predicted octanol–water partition coefficient (Wildman–Crippen LogP) is 1.18. The van der Waals surface area contributed by atoms with Crippen LogP contribution in [0.1, 0.15) is 39.0 Å². The van der Waals surface area contributed by atoms with Crippen molar-refractivity contribution in [3.63, 3.8) is 0 Å². The lowest BCUT2D eigenvalue weighted by molar-refractivity contribution is -0.150. The molecule has 1 saturated heterocycles. The fourth-order valence-electron chi connectivity index (χ4n) is 3.17. The van der Waals surface area contributed by atoms with Crippen LogP contribution in [0.25, 0.3) is 0 Å². The van der Waals surface area contributed by atoms with E-state index in [9.17, 15) is 9.59 Å². The second-order valence-electron chi connectivity index (χ2n) is 5.70. The third kappa shape index (κ3) is 3.47. The molecule has 0 spiro atoms. The average molecular weight is 268 g/mol. The second-order valence-corrected chi connectivity index (χ2v) is 5.70. The molecule has 0 aromatic rings. The van der Waals surface area contributed by atoms with Crippen molar-refractivity contribution in [3.05, 3.63) is 0 Å². The predicted molar refractivity (Wildman–Crippen MR) is 71.8 cm³/mol. The standard InChI is InChI=1S/C14H24N2O3/c1-2-16(12-6-4-3-5-7-12)13(17)10-15-8-11(9-15)14(18)19/h11-12H,2-10H2,1H3,(H,18,19). The molecule has 0 aromatic heterocycles. The first-order valence-electron chi connectivity index (χ1n) is 7.36. The number of amides is 1. The van der Waals surface area contributed by atoms with E-state index in [2.05, 4.69) is 0 Å². The Labute approximate surface area is 114 Å². The number of hydrogen-bond donors (Lipinski definition) is 1. The van der Waals surface area contributed by atoms with Gasteiger partial charge in [-0.2, -0.15) is 0 Å². The molecule has 1 N–H and O–H groups in total. The minimum Gasteiger partial charge on any atom is -0.481 e. The molecular formula is C14H24N2O3. The maximum Gasteiger partial charge on any atom is 0.309 e. The van der Waals surface area contributed by atoms with Crippen molar-refractivity contribution in [2.75, 3.05) is 26.2 Å². The summed E-state index contributed by atoms with van der Waals surface area (Å²) < 4.78 is 0. The van der Waals surface area contributed by atoms with Gasteiger partial charge in [0.15, 0.2) is 0 Å². The smallest absolute Gasteiger partial charge is 0.309 e. The second kappa shape index (κ2) is 6.37. The van der Waals surface area contributed by atoms with E-state index in [1.807, 2.05) is 16.7 Å². The zero-order valence-electron chi connectivity index (χ0n) is 11.7. The van der Waals surface area contributed by atoms with Gasteiger partial charge in [0.25, 0.3) is 0 Å². The van der Waals surface area contributed by atoms with Crippen LogP contribution in [0.4, 0.5) is 0 Å². The molecule has 1 heterocycles. The highest BCUT2D eigenvalue weighted by atomic mass is 16.4. The number of carboxylic acids is 1. The zero-order valence-corrected chi connectivity index (χ0v) is 11.7. The molecule has 1 aliphatic carbocycles. The largest absolute Gasteiger partial charge is 0.481 e. The lowest BCUT2D eigenvalue weighted by Crippen LogP contribution is -2.55. The van der Waals surface area contributed by atoms with Gasteiger partial charge < -0.3 is 10.0 Å². The van der Waals surface area contributed by atoms with Gasteiger partial charge in [-0.3, -0.25) is 14.5 Å². The van der Waals surface area contributed by atoms with Gasteiger partial charge >= 0.3 is 5.97 Å².